The summed E-state index contributed by atoms with van der Waals surface area (Å²) in [5.41, 5.74) is 5.95. The number of hydrogen-bond donors (Lipinski definition) is 2. The highest BCUT2D eigenvalue weighted by Gasteiger charge is 2.07. The molecule has 4 rings (SSSR count). The van der Waals surface area contributed by atoms with Gasteiger partial charge in [0.1, 0.15) is 0 Å². The third-order valence-electron chi connectivity index (χ3n) is 3.67. The Balaban J connectivity index is 1.83. The van der Waals surface area contributed by atoms with Crippen LogP contribution >= 0.6 is 0 Å². The van der Waals surface area contributed by atoms with E-state index in [4.69, 9.17) is 4.98 Å². The van der Waals surface area contributed by atoms with Crippen LogP contribution in [0.4, 0.5) is 0 Å². The van der Waals surface area contributed by atoms with E-state index in [1.54, 1.807) is 0 Å². The van der Waals surface area contributed by atoms with Crippen molar-refractivity contribution in [2.45, 2.75) is 0 Å². The number of rotatable bonds is 2. The van der Waals surface area contributed by atoms with Crippen molar-refractivity contribution in [2.75, 3.05) is 13.1 Å². The summed E-state index contributed by atoms with van der Waals surface area (Å²) < 4.78 is 0. The van der Waals surface area contributed by atoms with Crippen LogP contribution in [0.25, 0.3) is 21.8 Å². The lowest BCUT2D eigenvalue weighted by Gasteiger charge is -2.07. The van der Waals surface area contributed by atoms with E-state index in [2.05, 4.69) is 33.0 Å². The fourth-order valence-corrected chi connectivity index (χ4v) is 2.64. The molecule has 0 unspecified atom stereocenters. The van der Waals surface area contributed by atoms with E-state index in [1.165, 1.54) is 0 Å². The lowest BCUT2D eigenvalue weighted by molar-refractivity contribution is 0.920. The van der Waals surface area contributed by atoms with Crippen LogP contribution in [0.3, 0.4) is 0 Å². The van der Waals surface area contributed by atoms with E-state index in [-0.39, 0.29) is 0 Å². The van der Waals surface area contributed by atoms with Crippen molar-refractivity contribution < 1.29 is 0 Å². The number of pyridine rings is 1. The summed E-state index contributed by atoms with van der Waals surface area (Å²) in [6.07, 6.45) is 1.84. The van der Waals surface area contributed by atoms with Gasteiger partial charge in [0.05, 0.1) is 23.8 Å². The minimum atomic E-state index is 0.721. The molecule has 0 radical (unpaired) electrons. The molecule has 0 saturated carbocycles. The van der Waals surface area contributed by atoms with Gasteiger partial charge in [0.15, 0.2) is 0 Å². The first kappa shape index (κ1) is 12.8. The number of hydrogen-bond acceptors (Lipinski definition) is 5. The highest BCUT2D eigenvalue weighted by molar-refractivity contribution is 6.10. The van der Waals surface area contributed by atoms with Crippen LogP contribution in [-0.4, -0.2) is 30.2 Å². The summed E-state index contributed by atoms with van der Waals surface area (Å²) in [6.45, 7) is 1.65. The fraction of sp³-hybridized carbons (Fsp3) is 0.118. The number of aliphatic imine (C=N–C) groups is 1. The van der Waals surface area contributed by atoms with Crippen LogP contribution < -0.4 is 10.7 Å². The van der Waals surface area contributed by atoms with Crippen LogP contribution in [0.5, 0.6) is 0 Å². The van der Waals surface area contributed by atoms with Gasteiger partial charge in [0.2, 0.25) is 5.96 Å². The standard InChI is InChI=1S/C17H15N5/c1-3-7-15-12(5-1)14(11-20-22-17-18-9-10-19-17)13-6-2-4-8-16(13)21-15/h1-8,11H,9-10H2,(H2,18,19,22)/b20-11-. The largest absolute Gasteiger partial charge is 0.353 e. The topological polar surface area (TPSA) is 61.7 Å². The molecule has 2 aromatic carbocycles. The predicted octanol–water partition coefficient (Wildman–Crippen LogP) is 2.27. The average molecular weight is 289 g/mol. The summed E-state index contributed by atoms with van der Waals surface area (Å²) in [5, 5.41) is 9.64. The Kier molecular flexibility index (Phi) is 3.16. The highest BCUT2D eigenvalue weighted by Crippen LogP contribution is 2.24. The van der Waals surface area contributed by atoms with Crippen molar-refractivity contribution in [1.29, 1.82) is 0 Å². The quantitative estimate of drug-likeness (QED) is 0.432. The van der Waals surface area contributed by atoms with E-state index in [0.717, 1.165) is 46.4 Å². The zero-order valence-electron chi connectivity index (χ0n) is 12.0. The Labute approximate surface area is 127 Å². The molecule has 0 aliphatic carbocycles. The number of benzene rings is 2. The van der Waals surface area contributed by atoms with Crippen molar-refractivity contribution in [3.63, 3.8) is 0 Å². The number of aromatic nitrogens is 1. The minimum absolute atomic E-state index is 0.721. The first-order valence-electron chi connectivity index (χ1n) is 7.27. The van der Waals surface area contributed by atoms with E-state index < -0.39 is 0 Å². The van der Waals surface area contributed by atoms with Crippen LogP contribution in [0.15, 0.2) is 58.6 Å². The summed E-state index contributed by atoms with van der Waals surface area (Å²) in [4.78, 5) is 8.97. The third-order valence-corrected chi connectivity index (χ3v) is 3.67. The van der Waals surface area contributed by atoms with Gasteiger partial charge in [0, 0.05) is 22.9 Å². The zero-order valence-corrected chi connectivity index (χ0v) is 12.0. The summed E-state index contributed by atoms with van der Waals surface area (Å²) in [7, 11) is 0. The predicted molar refractivity (Wildman–Crippen MR) is 90.3 cm³/mol. The second kappa shape index (κ2) is 5.44. The molecule has 108 valence electrons. The molecule has 0 fully saturated rings. The van der Waals surface area contributed by atoms with Crippen molar-refractivity contribution in [3.05, 3.63) is 54.1 Å². The Hall–Kier alpha value is -2.95. The van der Waals surface area contributed by atoms with Gasteiger partial charge in [-0.1, -0.05) is 36.4 Å². The molecule has 5 heteroatoms. The molecule has 0 atom stereocenters. The molecule has 2 heterocycles. The molecule has 0 saturated heterocycles. The summed E-state index contributed by atoms with van der Waals surface area (Å²) in [5.74, 6) is 0.721. The van der Waals surface area contributed by atoms with Crippen LogP contribution in [0, 0.1) is 0 Å². The number of fused-ring (bicyclic) bond motifs is 2. The molecular weight excluding hydrogens is 274 g/mol. The molecule has 0 amide bonds. The first-order valence-corrected chi connectivity index (χ1v) is 7.27. The van der Waals surface area contributed by atoms with Gasteiger partial charge in [-0.15, -0.1) is 0 Å². The lowest BCUT2D eigenvalue weighted by Crippen LogP contribution is -2.30. The lowest BCUT2D eigenvalue weighted by atomic mass is 10.0. The Morgan fingerprint density at radius 3 is 2.32 bits per heavy atom. The average Bonchev–Trinajstić information content (AvgIpc) is 3.07. The first-order chi connectivity index (χ1) is 10.9. The van der Waals surface area contributed by atoms with Crippen LogP contribution in [-0.2, 0) is 0 Å². The summed E-state index contributed by atoms with van der Waals surface area (Å²) >= 11 is 0. The van der Waals surface area contributed by atoms with Crippen molar-refractivity contribution in [3.8, 4) is 0 Å². The van der Waals surface area contributed by atoms with Crippen molar-refractivity contribution in [2.24, 2.45) is 10.1 Å². The van der Waals surface area contributed by atoms with Crippen LogP contribution in [0.1, 0.15) is 5.56 Å². The monoisotopic (exact) mass is 289 g/mol. The van der Waals surface area contributed by atoms with Gasteiger partial charge in [-0.2, -0.15) is 5.10 Å². The second-order valence-electron chi connectivity index (χ2n) is 5.09. The van der Waals surface area contributed by atoms with Gasteiger partial charge in [-0.3, -0.25) is 0 Å². The maximum absolute atomic E-state index is 4.71. The van der Waals surface area contributed by atoms with Gasteiger partial charge >= 0.3 is 0 Å². The molecule has 0 spiro atoms. The number of nitrogens with zero attached hydrogens (tertiary/aromatic N) is 3. The maximum Gasteiger partial charge on any atom is 0.212 e. The van der Waals surface area contributed by atoms with Crippen molar-refractivity contribution in [1.82, 2.24) is 15.7 Å². The molecular formula is C17H15N5. The molecule has 5 nitrogen and oxygen atoms in total. The number of hydrazone groups is 1. The fourth-order valence-electron chi connectivity index (χ4n) is 2.64. The molecule has 1 aliphatic heterocycles. The molecule has 0 bridgehead atoms. The third kappa shape index (κ3) is 2.26. The Bertz CT molecular complexity index is 844. The molecule has 2 N–H and O–H groups in total. The van der Waals surface area contributed by atoms with Gasteiger partial charge < -0.3 is 5.32 Å². The Morgan fingerprint density at radius 2 is 1.68 bits per heavy atom. The smallest absolute Gasteiger partial charge is 0.212 e. The summed E-state index contributed by atoms with van der Waals surface area (Å²) in [6, 6.07) is 16.2. The second-order valence-corrected chi connectivity index (χ2v) is 5.09. The van der Waals surface area contributed by atoms with E-state index in [1.807, 2.05) is 42.6 Å². The van der Waals surface area contributed by atoms with Gasteiger partial charge in [-0.25, -0.2) is 15.4 Å². The number of guanidine groups is 1. The van der Waals surface area contributed by atoms with Crippen molar-refractivity contribution >= 4 is 34.0 Å². The van der Waals surface area contributed by atoms with E-state index in [0.29, 0.717) is 0 Å². The van der Waals surface area contributed by atoms with Gasteiger partial charge in [-0.05, 0) is 12.1 Å². The SMILES string of the molecule is C(=N/NC1=NCCN1)/c1c2ccccc2nc2ccccc12. The normalized spacial score (nSPS) is 14.5. The molecule has 1 aliphatic rings. The minimum Gasteiger partial charge on any atom is -0.353 e. The molecule has 1 aromatic heterocycles. The maximum atomic E-state index is 4.71. The molecule has 3 aromatic rings. The highest BCUT2D eigenvalue weighted by atomic mass is 15.4. The van der Waals surface area contributed by atoms with Crippen LogP contribution in [0.2, 0.25) is 0 Å². The van der Waals surface area contributed by atoms with Gasteiger partial charge in [0.25, 0.3) is 0 Å². The number of para-hydroxylation sites is 2. The van der Waals surface area contributed by atoms with E-state index in [9.17, 15) is 0 Å². The van der Waals surface area contributed by atoms with E-state index >= 15 is 0 Å². The Morgan fingerprint density at radius 1 is 1.00 bits per heavy atom. The number of nitrogens with one attached hydrogen (secondary N) is 2. The molecule has 22 heavy (non-hydrogen) atoms. The zero-order chi connectivity index (χ0) is 14.8.